The van der Waals surface area contributed by atoms with Crippen LogP contribution in [0.4, 0.5) is 5.69 Å². The van der Waals surface area contributed by atoms with Gasteiger partial charge in [-0.1, -0.05) is 25.5 Å². The van der Waals surface area contributed by atoms with Crippen molar-refractivity contribution in [2.75, 3.05) is 11.9 Å². The maximum Gasteiger partial charge on any atom is 0.227 e. The lowest BCUT2D eigenvalue weighted by atomic mass is 9.85. The predicted octanol–water partition coefficient (Wildman–Crippen LogP) is 2.93. The molecule has 0 saturated heterocycles. The molecule has 1 aromatic rings. The Hall–Kier alpha value is -1.55. The zero-order chi connectivity index (χ0) is 14.4. The third-order valence-electron chi connectivity index (χ3n) is 3.69. The second kappa shape index (κ2) is 7.29. The second-order valence-electron chi connectivity index (χ2n) is 5.46. The molecule has 0 heterocycles. The van der Waals surface area contributed by atoms with Crippen LogP contribution in [0.5, 0.6) is 5.75 Å². The van der Waals surface area contributed by atoms with Gasteiger partial charge in [0, 0.05) is 12.0 Å². The Morgan fingerprint density at radius 3 is 2.95 bits per heavy atom. The number of hydrogen-bond acceptors (Lipinski definition) is 3. The fourth-order valence-electron chi connectivity index (χ4n) is 2.61. The summed E-state index contributed by atoms with van der Waals surface area (Å²) >= 11 is 0. The van der Waals surface area contributed by atoms with Crippen LogP contribution in [0.3, 0.4) is 0 Å². The van der Waals surface area contributed by atoms with Crippen molar-refractivity contribution in [3.8, 4) is 5.75 Å². The van der Waals surface area contributed by atoms with Crippen LogP contribution in [0.2, 0.25) is 0 Å². The van der Waals surface area contributed by atoms with Gasteiger partial charge in [-0.15, -0.1) is 0 Å². The lowest BCUT2D eigenvalue weighted by Gasteiger charge is -2.26. The molecule has 1 saturated carbocycles. The van der Waals surface area contributed by atoms with Crippen molar-refractivity contribution in [3.05, 3.63) is 24.3 Å². The third-order valence-corrected chi connectivity index (χ3v) is 3.69. The zero-order valence-corrected chi connectivity index (χ0v) is 12.1. The monoisotopic (exact) mass is 276 g/mol. The molecule has 1 amide bonds. The van der Waals surface area contributed by atoms with E-state index in [0.29, 0.717) is 6.61 Å². The highest BCUT2D eigenvalue weighted by Crippen LogP contribution is 2.28. The number of benzene rings is 1. The average Bonchev–Trinajstić information content (AvgIpc) is 2.46. The number of amides is 1. The van der Waals surface area contributed by atoms with Crippen molar-refractivity contribution in [1.29, 1.82) is 0 Å². The normalized spacial score (nSPS) is 22.3. The maximum atomic E-state index is 12.3. The van der Waals surface area contributed by atoms with E-state index >= 15 is 0 Å². The van der Waals surface area contributed by atoms with Crippen LogP contribution in [0.15, 0.2) is 24.3 Å². The van der Waals surface area contributed by atoms with E-state index in [1.165, 1.54) is 0 Å². The Labute approximate surface area is 120 Å². The molecule has 1 aromatic carbocycles. The summed E-state index contributed by atoms with van der Waals surface area (Å²) in [5.74, 6) is 0.827. The van der Waals surface area contributed by atoms with Crippen LogP contribution in [0.25, 0.3) is 0 Å². The molecule has 3 N–H and O–H groups in total. The molecule has 0 aliphatic heterocycles. The molecule has 0 aromatic heterocycles. The fourth-order valence-corrected chi connectivity index (χ4v) is 2.61. The minimum Gasteiger partial charge on any atom is -0.491 e. The third kappa shape index (κ3) is 3.97. The number of nitrogens with one attached hydrogen (secondary N) is 1. The van der Waals surface area contributed by atoms with Gasteiger partial charge in [-0.25, -0.2) is 0 Å². The number of para-hydroxylation sites is 2. The van der Waals surface area contributed by atoms with E-state index in [1.54, 1.807) is 0 Å². The number of ether oxygens (including phenoxy) is 1. The number of nitrogens with two attached hydrogens (primary N) is 1. The van der Waals surface area contributed by atoms with E-state index in [-0.39, 0.29) is 17.9 Å². The number of anilines is 1. The van der Waals surface area contributed by atoms with Crippen LogP contribution < -0.4 is 15.8 Å². The molecule has 20 heavy (non-hydrogen) atoms. The molecule has 2 unspecified atom stereocenters. The minimum absolute atomic E-state index is 0.0259. The van der Waals surface area contributed by atoms with Crippen LogP contribution in [0.1, 0.15) is 39.0 Å². The lowest BCUT2D eigenvalue weighted by Crippen LogP contribution is -2.34. The maximum absolute atomic E-state index is 12.3. The van der Waals surface area contributed by atoms with Crippen molar-refractivity contribution >= 4 is 11.6 Å². The van der Waals surface area contributed by atoms with E-state index in [1.807, 2.05) is 24.3 Å². The molecule has 2 rings (SSSR count). The number of carbonyl (C=O) groups excluding carboxylic acids is 1. The van der Waals surface area contributed by atoms with Gasteiger partial charge in [0.05, 0.1) is 12.3 Å². The topological polar surface area (TPSA) is 64.3 Å². The van der Waals surface area contributed by atoms with Crippen LogP contribution in [0, 0.1) is 5.92 Å². The molecular formula is C16H24N2O2. The van der Waals surface area contributed by atoms with E-state index in [4.69, 9.17) is 10.5 Å². The highest BCUT2D eigenvalue weighted by Gasteiger charge is 2.25. The molecule has 0 radical (unpaired) electrons. The van der Waals surface area contributed by atoms with Crippen LogP contribution in [-0.2, 0) is 4.79 Å². The molecule has 1 aliphatic rings. The van der Waals surface area contributed by atoms with Gasteiger partial charge in [0.2, 0.25) is 5.91 Å². The zero-order valence-electron chi connectivity index (χ0n) is 12.1. The summed E-state index contributed by atoms with van der Waals surface area (Å²) in [6.45, 7) is 2.71. The van der Waals surface area contributed by atoms with Gasteiger partial charge >= 0.3 is 0 Å². The average molecular weight is 276 g/mol. The lowest BCUT2D eigenvalue weighted by molar-refractivity contribution is -0.120. The second-order valence-corrected chi connectivity index (χ2v) is 5.46. The van der Waals surface area contributed by atoms with Gasteiger partial charge in [-0.05, 0) is 37.8 Å². The summed E-state index contributed by atoms with van der Waals surface area (Å²) in [6.07, 6.45) is 4.72. The molecule has 4 nitrogen and oxygen atoms in total. The largest absolute Gasteiger partial charge is 0.491 e. The fraction of sp³-hybridized carbons (Fsp3) is 0.562. The van der Waals surface area contributed by atoms with Crippen LogP contribution in [-0.4, -0.2) is 18.6 Å². The van der Waals surface area contributed by atoms with Gasteiger partial charge in [0.15, 0.2) is 0 Å². The Kier molecular flexibility index (Phi) is 5.41. The molecule has 2 atom stereocenters. The number of hydrogen-bond donors (Lipinski definition) is 2. The molecule has 1 aliphatic carbocycles. The first-order chi connectivity index (χ1) is 9.70. The predicted molar refractivity (Wildman–Crippen MR) is 80.8 cm³/mol. The van der Waals surface area contributed by atoms with Gasteiger partial charge in [-0.3, -0.25) is 4.79 Å². The van der Waals surface area contributed by atoms with Crippen molar-refractivity contribution in [1.82, 2.24) is 0 Å². The molecular weight excluding hydrogens is 252 g/mol. The summed E-state index contributed by atoms with van der Waals surface area (Å²) in [6, 6.07) is 7.74. The van der Waals surface area contributed by atoms with Crippen molar-refractivity contribution in [2.24, 2.45) is 11.7 Å². The van der Waals surface area contributed by atoms with Crippen molar-refractivity contribution in [2.45, 2.75) is 45.1 Å². The quantitative estimate of drug-likeness (QED) is 0.869. The highest BCUT2D eigenvalue weighted by atomic mass is 16.5. The Balaban J connectivity index is 1.99. The SMILES string of the molecule is CCCOc1ccccc1NC(=O)C1CCCC(N)C1. The summed E-state index contributed by atoms with van der Waals surface area (Å²) in [5.41, 5.74) is 6.70. The van der Waals surface area contributed by atoms with Gasteiger partial charge < -0.3 is 15.8 Å². The molecule has 4 heteroatoms. The number of rotatable bonds is 5. The Morgan fingerprint density at radius 2 is 2.20 bits per heavy atom. The summed E-state index contributed by atoms with van der Waals surface area (Å²) in [4.78, 5) is 12.3. The molecule has 0 bridgehead atoms. The van der Waals surface area contributed by atoms with E-state index in [0.717, 1.165) is 43.5 Å². The van der Waals surface area contributed by atoms with E-state index in [9.17, 15) is 4.79 Å². The Morgan fingerprint density at radius 1 is 1.40 bits per heavy atom. The summed E-state index contributed by atoms with van der Waals surface area (Å²) < 4.78 is 5.66. The van der Waals surface area contributed by atoms with Crippen molar-refractivity contribution < 1.29 is 9.53 Å². The first-order valence-corrected chi connectivity index (χ1v) is 7.49. The van der Waals surface area contributed by atoms with Gasteiger partial charge in [-0.2, -0.15) is 0 Å². The summed E-state index contributed by atoms with van der Waals surface area (Å²) in [5, 5.41) is 2.99. The Bertz CT molecular complexity index is 448. The number of carbonyl (C=O) groups is 1. The standard InChI is InChI=1S/C16H24N2O2/c1-2-10-20-15-9-4-3-8-14(15)18-16(19)12-6-5-7-13(17)11-12/h3-4,8-9,12-13H,2,5-7,10-11,17H2,1H3,(H,18,19). The van der Waals surface area contributed by atoms with Gasteiger partial charge in [0.25, 0.3) is 0 Å². The smallest absolute Gasteiger partial charge is 0.227 e. The first-order valence-electron chi connectivity index (χ1n) is 7.49. The first kappa shape index (κ1) is 14.9. The van der Waals surface area contributed by atoms with Crippen LogP contribution >= 0.6 is 0 Å². The molecule has 0 spiro atoms. The summed E-state index contributed by atoms with van der Waals surface area (Å²) in [7, 11) is 0. The van der Waals surface area contributed by atoms with Gasteiger partial charge in [0.1, 0.15) is 5.75 Å². The van der Waals surface area contributed by atoms with E-state index < -0.39 is 0 Å². The van der Waals surface area contributed by atoms with Crippen molar-refractivity contribution in [3.63, 3.8) is 0 Å². The highest BCUT2D eigenvalue weighted by molar-refractivity contribution is 5.94. The molecule has 1 fully saturated rings. The minimum atomic E-state index is 0.0259. The van der Waals surface area contributed by atoms with E-state index in [2.05, 4.69) is 12.2 Å². The molecule has 110 valence electrons.